The normalized spacial score (nSPS) is 10.6. The van der Waals surface area contributed by atoms with Gasteiger partial charge in [0.15, 0.2) is 0 Å². The Morgan fingerprint density at radius 2 is 2.04 bits per heavy atom. The minimum absolute atomic E-state index is 0.0140. The predicted molar refractivity (Wildman–Crippen MR) is 89.1 cm³/mol. The Hall–Kier alpha value is -3.29. The molecule has 0 bridgehead atoms. The summed E-state index contributed by atoms with van der Waals surface area (Å²) in [6.45, 7) is 4.24. The largest absolute Gasteiger partial charge is 0.366 e. The van der Waals surface area contributed by atoms with Gasteiger partial charge in [-0.1, -0.05) is 0 Å². The highest BCUT2D eigenvalue weighted by Crippen LogP contribution is 2.19. The van der Waals surface area contributed by atoms with Crippen molar-refractivity contribution >= 4 is 11.5 Å². The number of nitrogens with zero attached hydrogens (tertiary/aromatic N) is 5. The third-order valence-corrected chi connectivity index (χ3v) is 3.62. The first-order valence-corrected chi connectivity index (χ1v) is 7.35. The number of hydrogen-bond donors (Lipinski definition) is 1. The summed E-state index contributed by atoms with van der Waals surface area (Å²) < 4.78 is 1.90. The van der Waals surface area contributed by atoms with Crippen LogP contribution < -0.4 is 5.32 Å². The van der Waals surface area contributed by atoms with Crippen LogP contribution in [0.2, 0.25) is 0 Å². The van der Waals surface area contributed by atoms with Gasteiger partial charge in [-0.2, -0.15) is 0 Å². The van der Waals surface area contributed by atoms with Gasteiger partial charge in [-0.05, 0) is 37.1 Å². The second kappa shape index (κ2) is 6.45. The Bertz CT molecular complexity index is 890. The van der Waals surface area contributed by atoms with Gasteiger partial charge < -0.3 is 5.32 Å². The van der Waals surface area contributed by atoms with Crippen LogP contribution in [0.3, 0.4) is 0 Å². The van der Waals surface area contributed by atoms with Gasteiger partial charge in [0.2, 0.25) is 0 Å². The summed E-state index contributed by atoms with van der Waals surface area (Å²) >= 11 is 0. The predicted octanol–water partition coefficient (Wildman–Crippen LogP) is 2.80. The molecule has 0 aliphatic carbocycles. The molecular weight excluding hydrogens is 308 g/mol. The minimum atomic E-state index is -0.452. The van der Waals surface area contributed by atoms with E-state index in [-0.39, 0.29) is 5.69 Å². The average Bonchev–Trinajstić information content (AvgIpc) is 3.00. The lowest BCUT2D eigenvalue weighted by atomic mass is 10.2. The lowest BCUT2D eigenvalue weighted by molar-refractivity contribution is -0.385. The second-order valence-electron chi connectivity index (χ2n) is 5.34. The van der Waals surface area contributed by atoms with Crippen molar-refractivity contribution in [1.29, 1.82) is 0 Å². The smallest absolute Gasteiger partial charge is 0.287 e. The van der Waals surface area contributed by atoms with Crippen molar-refractivity contribution in [3.05, 3.63) is 70.1 Å². The molecule has 0 radical (unpaired) electrons. The first kappa shape index (κ1) is 15.6. The van der Waals surface area contributed by atoms with Gasteiger partial charge in [0, 0.05) is 31.2 Å². The Morgan fingerprint density at radius 3 is 2.71 bits per heavy atom. The van der Waals surface area contributed by atoms with E-state index in [0.29, 0.717) is 12.4 Å². The van der Waals surface area contributed by atoms with Crippen LogP contribution in [0.1, 0.15) is 17.0 Å². The Labute approximate surface area is 138 Å². The lowest BCUT2D eigenvalue weighted by Gasteiger charge is -2.10. The molecule has 3 rings (SSSR count). The fraction of sp³-hybridized carbons (Fsp3) is 0.188. The third kappa shape index (κ3) is 3.22. The fourth-order valence-corrected chi connectivity index (χ4v) is 2.35. The first-order chi connectivity index (χ1) is 11.5. The SMILES string of the molecule is Cc1cc([N+](=O)[O-])cnc1NCc1ccnc(-n2ccnc2C)c1. The molecule has 122 valence electrons. The number of pyridine rings is 2. The summed E-state index contributed by atoms with van der Waals surface area (Å²) in [6.07, 6.45) is 6.58. The molecule has 0 amide bonds. The fourth-order valence-electron chi connectivity index (χ4n) is 2.35. The van der Waals surface area contributed by atoms with Crippen molar-refractivity contribution in [3.8, 4) is 5.82 Å². The summed E-state index contributed by atoms with van der Waals surface area (Å²) in [4.78, 5) is 23.0. The van der Waals surface area contributed by atoms with E-state index in [4.69, 9.17) is 0 Å². The molecule has 3 heterocycles. The maximum Gasteiger partial charge on any atom is 0.287 e. The van der Waals surface area contributed by atoms with Crippen LogP contribution >= 0.6 is 0 Å². The van der Waals surface area contributed by atoms with Gasteiger partial charge in [-0.15, -0.1) is 0 Å². The number of imidazole rings is 1. The molecule has 0 fully saturated rings. The van der Waals surface area contributed by atoms with Gasteiger partial charge in [-0.3, -0.25) is 14.7 Å². The van der Waals surface area contributed by atoms with Gasteiger partial charge in [0.1, 0.15) is 23.7 Å². The van der Waals surface area contributed by atoms with Crippen molar-refractivity contribution in [1.82, 2.24) is 19.5 Å². The van der Waals surface area contributed by atoms with Crippen LogP contribution in [-0.2, 0) is 6.54 Å². The highest BCUT2D eigenvalue weighted by atomic mass is 16.6. The Kier molecular flexibility index (Phi) is 4.19. The van der Waals surface area contributed by atoms with Crippen LogP contribution in [0.15, 0.2) is 43.0 Å². The molecule has 0 unspecified atom stereocenters. The van der Waals surface area contributed by atoms with E-state index >= 15 is 0 Å². The zero-order valence-electron chi connectivity index (χ0n) is 13.3. The van der Waals surface area contributed by atoms with Crippen LogP contribution in [0.25, 0.3) is 5.82 Å². The first-order valence-electron chi connectivity index (χ1n) is 7.35. The zero-order chi connectivity index (χ0) is 17.1. The van der Waals surface area contributed by atoms with Gasteiger partial charge in [0.25, 0.3) is 5.69 Å². The standard InChI is InChI=1S/C16H16N6O2/c1-11-7-14(22(23)24)10-20-16(11)19-9-13-3-4-18-15(8-13)21-6-5-17-12(21)2/h3-8,10H,9H2,1-2H3,(H,19,20). The number of aromatic nitrogens is 4. The number of rotatable bonds is 5. The van der Waals surface area contributed by atoms with Crippen LogP contribution in [0.4, 0.5) is 11.5 Å². The molecular formula is C16H16N6O2. The maximum absolute atomic E-state index is 10.8. The highest BCUT2D eigenvalue weighted by Gasteiger charge is 2.09. The summed E-state index contributed by atoms with van der Waals surface area (Å²) in [7, 11) is 0. The van der Waals surface area contributed by atoms with Crippen LogP contribution in [0, 0.1) is 24.0 Å². The summed E-state index contributed by atoms with van der Waals surface area (Å²) in [5.41, 5.74) is 1.73. The molecule has 0 aliphatic rings. The molecule has 0 aliphatic heterocycles. The topological polar surface area (TPSA) is 98.8 Å². The quantitative estimate of drug-likeness (QED) is 0.572. The Balaban J connectivity index is 1.76. The van der Waals surface area contributed by atoms with E-state index in [1.807, 2.05) is 29.8 Å². The second-order valence-corrected chi connectivity index (χ2v) is 5.34. The molecule has 0 saturated heterocycles. The lowest BCUT2D eigenvalue weighted by Crippen LogP contribution is -2.05. The number of nitrogens with one attached hydrogen (secondary N) is 1. The molecule has 0 atom stereocenters. The minimum Gasteiger partial charge on any atom is -0.366 e. The van der Waals surface area contributed by atoms with Gasteiger partial charge in [0.05, 0.1) is 4.92 Å². The number of nitro groups is 1. The zero-order valence-corrected chi connectivity index (χ0v) is 13.3. The average molecular weight is 324 g/mol. The summed E-state index contributed by atoms with van der Waals surface area (Å²) in [5, 5.41) is 13.9. The van der Waals surface area contributed by atoms with E-state index in [1.54, 1.807) is 19.3 Å². The molecule has 1 N–H and O–H groups in total. The van der Waals surface area contributed by atoms with Crippen molar-refractivity contribution in [2.24, 2.45) is 0 Å². The Morgan fingerprint density at radius 1 is 1.21 bits per heavy atom. The van der Waals surface area contributed by atoms with E-state index in [1.165, 1.54) is 12.3 Å². The molecule has 0 saturated carbocycles. The van der Waals surface area contributed by atoms with E-state index in [2.05, 4.69) is 20.3 Å². The molecule has 24 heavy (non-hydrogen) atoms. The molecule has 3 aromatic rings. The number of aryl methyl sites for hydroxylation is 2. The summed E-state index contributed by atoms with van der Waals surface area (Å²) in [6, 6.07) is 5.37. The maximum atomic E-state index is 10.8. The molecule has 8 heteroatoms. The number of anilines is 1. The van der Waals surface area contributed by atoms with Crippen molar-refractivity contribution in [2.45, 2.75) is 20.4 Å². The van der Waals surface area contributed by atoms with Crippen LogP contribution in [0.5, 0.6) is 0 Å². The summed E-state index contributed by atoms with van der Waals surface area (Å²) in [5.74, 6) is 2.27. The molecule has 0 spiro atoms. The van der Waals surface area contributed by atoms with Gasteiger partial charge in [-0.25, -0.2) is 15.0 Å². The monoisotopic (exact) mass is 324 g/mol. The van der Waals surface area contributed by atoms with E-state index in [9.17, 15) is 10.1 Å². The van der Waals surface area contributed by atoms with Crippen LogP contribution in [-0.4, -0.2) is 24.4 Å². The number of hydrogen-bond acceptors (Lipinski definition) is 6. The van der Waals surface area contributed by atoms with Gasteiger partial charge >= 0.3 is 0 Å². The third-order valence-electron chi connectivity index (χ3n) is 3.62. The molecule has 8 nitrogen and oxygen atoms in total. The molecule has 0 aromatic carbocycles. The highest BCUT2D eigenvalue weighted by molar-refractivity contribution is 5.48. The van der Waals surface area contributed by atoms with Crippen molar-refractivity contribution < 1.29 is 4.92 Å². The molecule has 3 aromatic heterocycles. The van der Waals surface area contributed by atoms with E-state index in [0.717, 1.165) is 22.8 Å². The van der Waals surface area contributed by atoms with Crippen molar-refractivity contribution in [3.63, 3.8) is 0 Å². The van der Waals surface area contributed by atoms with Crippen molar-refractivity contribution in [2.75, 3.05) is 5.32 Å². The van der Waals surface area contributed by atoms with E-state index < -0.39 is 4.92 Å².